The van der Waals surface area contributed by atoms with Gasteiger partial charge in [-0.3, -0.25) is 4.79 Å². The number of hydrogen-bond acceptors (Lipinski definition) is 3. The summed E-state index contributed by atoms with van der Waals surface area (Å²) in [6, 6.07) is 13.9. The van der Waals surface area contributed by atoms with E-state index in [0.29, 0.717) is 30.8 Å². The van der Waals surface area contributed by atoms with E-state index in [0.717, 1.165) is 16.7 Å². The highest BCUT2D eigenvalue weighted by Gasteiger charge is 2.43. The van der Waals surface area contributed by atoms with E-state index < -0.39 is 21.9 Å². The average molecular weight is 490 g/mol. The van der Waals surface area contributed by atoms with Gasteiger partial charge in [0.05, 0.1) is 4.90 Å². The number of halogens is 2. The Morgan fingerprint density at radius 2 is 1.59 bits per heavy atom. The highest BCUT2D eigenvalue weighted by Crippen LogP contribution is 2.37. The van der Waals surface area contributed by atoms with E-state index in [1.54, 1.807) is 17.0 Å². The lowest BCUT2D eigenvalue weighted by Gasteiger charge is -2.39. The average Bonchev–Trinajstić information content (AvgIpc) is 3.30. The number of nitrogens with zero attached hydrogens (tertiary/aromatic N) is 2. The molecule has 1 unspecified atom stereocenters. The van der Waals surface area contributed by atoms with Crippen LogP contribution in [0.4, 0.5) is 8.78 Å². The topological polar surface area (TPSA) is 64.5 Å². The number of carbonyl (C=O) groups is 1. The minimum atomic E-state index is -3.35. The summed E-state index contributed by atoms with van der Waals surface area (Å²) in [7, 11) is -3.35. The minimum Gasteiger partial charge on any atom is -0.334 e. The molecule has 1 saturated carbocycles. The quantitative estimate of drug-likeness (QED) is 0.566. The lowest BCUT2D eigenvalue weighted by atomic mass is 9.90. The Kier molecular flexibility index (Phi) is 7.10. The largest absolute Gasteiger partial charge is 0.334 e. The van der Waals surface area contributed by atoms with Crippen LogP contribution in [0.5, 0.6) is 0 Å². The van der Waals surface area contributed by atoms with Gasteiger partial charge in [0.1, 0.15) is 16.0 Å². The van der Waals surface area contributed by atoms with Gasteiger partial charge in [-0.1, -0.05) is 47.5 Å². The van der Waals surface area contributed by atoms with Crippen LogP contribution < -0.4 is 0 Å². The molecule has 1 heterocycles. The molecule has 4 rings (SSSR count). The van der Waals surface area contributed by atoms with E-state index in [9.17, 15) is 17.8 Å². The summed E-state index contributed by atoms with van der Waals surface area (Å²) in [5.74, 6) is -2.89. The maximum Gasteiger partial charge on any atom is 0.248 e. The third-order valence-corrected chi connectivity index (χ3v) is 9.05. The molecular formula is C26H33F2N3O2S. The first-order valence-electron chi connectivity index (χ1n) is 11.9. The molecule has 184 valence electrons. The summed E-state index contributed by atoms with van der Waals surface area (Å²) in [6.07, 6.45) is 1.19. The van der Waals surface area contributed by atoms with Crippen molar-refractivity contribution in [2.24, 2.45) is 0 Å². The van der Waals surface area contributed by atoms with Crippen molar-refractivity contribution < 1.29 is 17.8 Å². The number of nitrogens with one attached hydrogen (secondary N) is 1. The Bertz CT molecular complexity index is 1110. The molecule has 5 nitrogen and oxygen atoms in total. The van der Waals surface area contributed by atoms with Gasteiger partial charge >= 0.3 is 0 Å². The normalized spacial score (nSPS) is 22.9. The van der Waals surface area contributed by atoms with Gasteiger partial charge in [-0.25, -0.2) is 22.1 Å². The molecule has 2 fully saturated rings. The molecule has 0 aromatic heterocycles. The first-order valence-corrected chi connectivity index (χ1v) is 13.4. The monoisotopic (exact) mass is 489 g/mol. The molecule has 0 radical (unpaired) electrons. The van der Waals surface area contributed by atoms with Gasteiger partial charge in [0.15, 0.2) is 0 Å². The van der Waals surface area contributed by atoms with E-state index in [4.69, 9.17) is 4.78 Å². The maximum absolute atomic E-state index is 13.9. The summed E-state index contributed by atoms with van der Waals surface area (Å²) in [5.41, 5.74) is 3.05. The van der Waals surface area contributed by atoms with E-state index in [1.807, 2.05) is 50.2 Å². The van der Waals surface area contributed by atoms with Crippen molar-refractivity contribution in [3.8, 4) is 0 Å². The van der Waals surface area contributed by atoms with E-state index in [-0.39, 0.29) is 37.6 Å². The van der Waals surface area contributed by atoms with Gasteiger partial charge in [0, 0.05) is 32.0 Å². The summed E-state index contributed by atoms with van der Waals surface area (Å²) < 4.78 is 51.6. The Morgan fingerprint density at radius 1 is 1.03 bits per heavy atom. The van der Waals surface area contributed by atoms with E-state index >= 15 is 0 Å². The fraction of sp³-hybridized carbons (Fsp3) is 0.500. The predicted octanol–water partition coefficient (Wildman–Crippen LogP) is 5.70. The zero-order chi connectivity index (χ0) is 24.5. The molecule has 2 aromatic rings. The van der Waals surface area contributed by atoms with Crippen molar-refractivity contribution in [2.45, 2.75) is 81.8 Å². The number of amides is 1. The molecule has 1 N–H and O–H groups in total. The first kappa shape index (κ1) is 24.8. The van der Waals surface area contributed by atoms with Gasteiger partial charge in [-0.15, -0.1) is 0 Å². The zero-order valence-electron chi connectivity index (χ0n) is 19.8. The van der Waals surface area contributed by atoms with Crippen molar-refractivity contribution in [2.75, 3.05) is 6.54 Å². The van der Waals surface area contributed by atoms with Crippen LogP contribution in [0, 0.1) is 18.6 Å². The predicted molar refractivity (Wildman–Crippen MR) is 129 cm³/mol. The molecule has 2 atom stereocenters. The fourth-order valence-electron chi connectivity index (χ4n) is 4.96. The minimum absolute atomic E-state index is 0.208. The molecule has 0 spiro atoms. The van der Waals surface area contributed by atoms with Crippen LogP contribution in [-0.4, -0.2) is 43.9 Å². The molecule has 1 amide bonds. The molecule has 1 aliphatic carbocycles. The van der Waals surface area contributed by atoms with E-state index in [1.165, 1.54) is 4.31 Å². The SMILES string of the molecule is Cc1ccc(CN(C(=O)[C@@H]2CCCN2S(=N)(=O)c2ccc(C)cc2)C2CCC(F)(F)CC2)cc1. The third kappa shape index (κ3) is 5.33. The number of hydrogen-bond donors (Lipinski definition) is 1. The van der Waals surface area contributed by atoms with Crippen LogP contribution in [0.25, 0.3) is 0 Å². The molecule has 1 saturated heterocycles. The lowest BCUT2D eigenvalue weighted by Crippen LogP contribution is -2.51. The van der Waals surface area contributed by atoms with Gasteiger partial charge in [-0.05, 0) is 57.2 Å². The number of benzene rings is 2. The highest BCUT2D eigenvalue weighted by molar-refractivity contribution is 7.90. The maximum atomic E-state index is 13.9. The number of carbonyl (C=O) groups excluding carboxylic acids is 1. The molecule has 8 heteroatoms. The smallest absolute Gasteiger partial charge is 0.248 e. The standard InChI is InChI=1S/C26H33F2N3O2S/c1-19-5-9-21(10-6-19)18-30(22-13-15-26(27,28)16-14-22)25(32)24-4-3-17-31(24)34(29,33)23-11-7-20(2)8-12-23/h5-12,22,24,29H,3-4,13-18H2,1-2H3/t24-,34?/m0/s1. The van der Waals surface area contributed by atoms with Crippen LogP contribution in [0.2, 0.25) is 0 Å². The summed E-state index contributed by atoms with van der Waals surface area (Å²) >= 11 is 0. The van der Waals surface area contributed by atoms with Gasteiger partial charge in [-0.2, -0.15) is 0 Å². The fourth-order valence-corrected chi connectivity index (χ4v) is 6.67. The number of rotatable bonds is 6. The van der Waals surface area contributed by atoms with Crippen molar-refractivity contribution in [3.05, 3.63) is 65.2 Å². The number of alkyl halides is 2. The summed E-state index contributed by atoms with van der Waals surface area (Å²) in [4.78, 5) is 16.0. The molecule has 0 bridgehead atoms. The second-order valence-corrected chi connectivity index (χ2v) is 11.7. The Morgan fingerprint density at radius 3 is 2.18 bits per heavy atom. The van der Waals surface area contributed by atoms with Crippen molar-refractivity contribution in [3.63, 3.8) is 0 Å². The number of aryl methyl sites for hydroxylation is 2. The Balaban J connectivity index is 1.61. The van der Waals surface area contributed by atoms with Crippen molar-refractivity contribution in [1.82, 2.24) is 9.21 Å². The van der Waals surface area contributed by atoms with Crippen LogP contribution in [0.1, 0.15) is 55.2 Å². The Hall–Kier alpha value is -2.32. The van der Waals surface area contributed by atoms with Crippen molar-refractivity contribution in [1.29, 1.82) is 4.78 Å². The second-order valence-electron chi connectivity index (χ2n) is 9.68. The molecule has 1 aliphatic heterocycles. The first-order chi connectivity index (χ1) is 16.1. The Labute approximate surface area is 201 Å². The molecule has 34 heavy (non-hydrogen) atoms. The lowest BCUT2D eigenvalue weighted by molar-refractivity contribution is -0.141. The zero-order valence-corrected chi connectivity index (χ0v) is 20.6. The van der Waals surface area contributed by atoms with Crippen LogP contribution in [0.15, 0.2) is 53.4 Å². The molecule has 2 aromatic carbocycles. The highest BCUT2D eigenvalue weighted by atomic mass is 32.2. The van der Waals surface area contributed by atoms with Crippen LogP contribution in [-0.2, 0) is 21.3 Å². The third-order valence-electron chi connectivity index (χ3n) is 7.04. The van der Waals surface area contributed by atoms with Gasteiger partial charge < -0.3 is 4.90 Å². The van der Waals surface area contributed by atoms with Gasteiger partial charge in [0.25, 0.3) is 0 Å². The molecule has 2 aliphatic rings. The van der Waals surface area contributed by atoms with E-state index in [2.05, 4.69) is 0 Å². The second kappa shape index (κ2) is 9.74. The summed E-state index contributed by atoms with van der Waals surface area (Å²) in [6.45, 7) is 4.63. The van der Waals surface area contributed by atoms with Crippen LogP contribution in [0.3, 0.4) is 0 Å². The van der Waals surface area contributed by atoms with Crippen LogP contribution >= 0.6 is 0 Å². The molecular weight excluding hydrogens is 456 g/mol. The van der Waals surface area contributed by atoms with Gasteiger partial charge in [0.2, 0.25) is 11.8 Å². The summed E-state index contributed by atoms with van der Waals surface area (Å²) in [5, 5.41) is 0. The van der Waals surface area contributed by atoms with Crippen molar-refractivity contribution >= 4 is 15.8 Å².